The van der Waals surface area contributed by atoms with E-state index in [1.165, 1.54) is 35.0 Å². The molecule has 2 aromatic carbocycles. The van der Waals surface area contributed by atoms with Gasteiger partial charge in [-0.1, -0.05) is 49.2 Å². The standard InChI is InChI=1S/C21H19FN2S/c1-13(15-7-9-20(22)16(11-15)12-23)25-14(2)17-5-4-6-19-18(17)8-10-21(19)24-3/h4-7,9,11,21,24H,1-2,8,10H2,3H3/t21-/m1/s1. The zero-order chi connectivity index (χ0) is 18.0. The van der Waals surface area contributed by atoms with Crippen molar-refractivity contribution in [3.63, 3.8) is 0 Å². The molecular weight excluding hydrogens is 331 g/mol. The average Bonchev–Trinajstić information content (AvgIpc) is 3.05. The third-order valence-corrected chi connectivity index (χ3v) is 5.52. The summed E-state index contributed by atoms with van der Waals surface area (Å²) in [6, 6.07) is 13.1. The monoisotopic (exact) mass is 350 g/mol. The highest BCUT2D eigenvalue weighted by molar-refractivity contribution is 8.16. The maximum atomic E-state index is 13.5. The second-order valence-corrected chi connectivity index (χ2v) is 7.20. The average molecular weight is 350 g/mol. The smallest absolute Gasteiger partial charge is 0.140 e. The Balaban J connectivity index is 1.83. The van der Waals surface area contributed by atoms with Crippen LogP contribution < -0.4 is 5.32 Å². The summed E-state index contributed by atoms with van der Waals surface area (Å²) in [7, 11) is 1.99. The van der Waals surface area contributed by atoms with Crippen molar-refractivity contribution in [2.75, 3.05) is 7.05 Å². The van der Waals surface area contributed by atoms with Crippen LogP contribution in [-0.2, 0) is 6.42 Å². The fraction of sp³-hybridized carbons (Fsp3) is 0.190. The van der Waals surface area contributed by atoms with Crippen molar-refractivity contribution in [1.29, 1.82) is 5.26 Å². The quantitative estimate of drug-likeness (QED) is 0.797. The maximum Gasteiger partial charge on any atom is 0.140 e. The van der Waals surface area contributed by atoms with Gasteiger partial charge in [0.1, 0.15) is 11.9 Å². The fourth-order valence-corrected chi connectivity index (χ4v) is 4.11. The molecule has 1 aliphatic rings. The van der Waals surface area contributed by atoms with Crippen LogP contribution in [0.25, 0.3) is 9.81 Å². The predicted molar refractivity (Wildman–Crippen MR) is 103 cm³/mol. The highest BCUT2D eigenvalue weighted by atomic mass is 32.2. The highest BCUT2D eigenvalue weighted by Crippen LogP contribution is 2.42. The van der Waals surface area contributed by atoms with Gasteiger partial charge in [0.25, 0.3) is 0 Å². The van der Waals surface area contributed by atoms with E-state index in [1.54, 1.807) is 6.07 Å². The highest BCUT2D eigenvalue weighted by Gasteiger charge is 2.24. The van der Waals surface area contributed by atoms with Crippen molar-refractivity contribution >= 4 is 21.6 Å². The molecule has 2 aromatic rings. The first-order valence-corrected chi connectivity index (χ1v) is 8.92. The molecule has 1 aliphatic carbocycles. The number of nitrogens with one attached hydrogen (secondary N) is 1. The normalized spacial score (nSPS) is 15.5. The molecule has 0 bridgehead atoms. The third-order valence-electron chi connectivity index (χ3n) is 4.57. The molecule has 25 heavy (non-hydrogen) atoms. The summed E-state index contributed by atoms with van der Waals surface area (Å²) in [5.74, 6) is -0.512. The zero-order valence-electron chi connectivity index (χ0n) is 14.1. The van der Waals surface area contributed by atoms with Crippen molar-refractivity contribution < 1.29 is 4.39 Å². The second kappa shape index (κ2) is 7.26. The van der Waals surface area contributed by atoms with Crippen LogP contribution in [-0.4, -0.2) is 7.05 Å². The summed E-state index contributed by atoms with van der Waals surface area (Å²) >= 11 is 1.46. The van der Waals surface area contributed by atoms with Crippen molar-refractivity contribution in [3.8, 4) is 6.07 Å². The molecule has 126 valence electrons. The first kappa shape index (κ1) is 17.5. The van der Waals surface area contributed by atoms with Crippen LogP contribution in [0.15, 0.2) is 49.6 Å². The first-order valence-electron chi connectivity index (χ1n) is 8.10. The molecule has 0 fully saturated rings. The Hall–Kier alpha value is -2.35. The Labute approximate surface area is 152 Å². The van der Waals surface area contributed by atoms with Gasteiger partial charge in [0.05, 0.1) is 5.56 Å². The predicted octanol–water partition coefficient (Wildman–Crippen LogP) is 5.28. The molecule has 3 rings (SSSR count). The van der Waals surface area contributed by atoms with E-state index in [9.17, 15) is 4.39 Å². The number of nitriles is 1. The summed E-state index contributed by atoms with van der Waals surface area (Å²) < 4.78 is 13.5. The lowest BCUT2D eigenvalue weighted by Crippen LogP contribution is -2.12. The molecule has 1 atom stereocenters. The van der Waals surface area contributed by atoms with Crippen LogP contribution in [0.5, 0.6) is 0 Å². The molecule has 0 unspecified atom stereocenters. The van der Waals surface area contributed by atoms with Gasteiger partial charge < -0.3 is 5.32 Å². The number of nitrogens with zero attached hydrogens (tertiary/aromatic N) is 1. The Morgan fingerprint density at radius 1 is 1.28 bits per heavy atom. The van der Waals surface area contributed by atoms with E-state index in [2.05, 4.69) is 36.7 Å². The molecule has 0 saturated carbocycles. The van der Waals surface area contributed by atoms with Crippen LogP contribution in [0.4, 0.5) is 4.39 Å². The van der Waals surface area contributed by atoms with E-state index in [4.69, 9.17) is 5.26 Å². The first-order chi connectivity index (χ1) is 12.0. The number of hydrogen-bond donors (Lipinski definition) is 1. The van der Waals surface area contributed by atoms with Crippen LogP contribution in [0.1, 0.15) is 40.3 Å². The zero-order valence-corrected chi connectivity index (χ0v) is 14.9. The van der Waals surface area contributed by atoms with Gasteiger partial charge in [0, 0.05) is 15.9 Å². The van der Waals surface area contributed by atoms with Crippen molar-refractivity contribution in [2.24, 2.45) is 0 Å². The fourth-order valence-electron chi connectivity index (χ4n) is 3.26. The molecule has 1 N–H and O–H groups in total. The van der Waals surface area contributed by atoms with Crippen LogP contribution in [0.3, 0.4) is 0 Å². The summed E-state index contributed by atoms with van der Waals surface area (Å²) in [6.45, 7) is 8.30. The summed E-state index contributed by atoms with van der Waals surface area (Å²) in [4.78, 5) is 1.67. The van der Waals surface area contributed by atoms with Crippen molar-refractivity contribution in [3.05, 3.63) is 83.2 Å². The van der Waals surface area contributed by atoms with Crippen LogP contribution in [0.2, 0.25) is 0 Å². The number of rotatable bonds is 5. The number of halogens is 1. The van der Waals surface area contributed by atoms with Crippen molar-refractivity contribution in [2.45, 2.75) is 18.9 Å². The molecule has 0 aliphatic heterocycles. The van der Waals surface area contributed by atoms with E-state index in [0.29, 0.717) is 6.04 Å². The van der Waals surface area contributed by atoms with Gasteiger partial charge in [-0.3, -0.25) is 0 Å². The van der Waals surface area contributed by atoms with E-state index < -0.39 is 5.82 Å². The largest absolute Gasteiger partial charge is 0.313 e. The van der Waals surface area contributed by atoms with Gasteiger partial charge in [0.2, 0.25) is 0 Å². The van der Waals surface area contributed by atoms with E-state index in [0.717, 1.165) is 33.8 Å². The Kier molecular flexibility index (Phi) is 5.08. The Bertz CT molecular complexity index is 895. The lowest BCUT2D eigenvalue weighted by atomic mass is 10.0. The van der Waals surface area contributed by atoms with Gasteiger partial charge in [0.15, 0.2) is 0 Å². The van der Waals surface area contributed by atoms with Gasteiger partial charge in [-0.05, 0) is 54.3 Å². The molecule has 0 radical (unpaired) electrons. The van der Waals surface area contributed by atoms with Crippen molar-refractivity contribution in [1.82, 2.24) is 5.32 Å². The van der Waals surface area contributed by atoms with Gasteiger partial charge in [-0.25, -0.2) is 4.39 Å². The molecule has 4 heteroatoms. The summed E-state index contributed by atoms with van der Waals surface area (Å²) in [5.41, 5.74) is 4.58. The molecule has 0 heterocycles. The molecule has 0 amide bonds. The Morgan fingerprint density at radius 2 is 2.08 bits per heavy atom. The van der Waals surface area contributed by atoms with Crippen LogP contribution in [0, 0.1) is 17.1 Å². The number of fused-ring (bicyclic) bond motifs is 1. The number of benzene rings is 2. The SMILES string of the molecule is C=C(SC(=C)c1cccc2c1CC[C@H]2NC)c1ccc(F)c(C#N)c1. The molecule has 2 nitrogen and oxygen atoms in total. The van der Waals surface area contributed by atoms with Gasteiger partial charge in [-0.15, -0.1) is 0 Å². The number of thioether (sulfide) groups is 1. The minimum atomic E-state index is -0.512. The molecule has 0 saturated heterocycles. The summed E-state index contributed by atoms with van der Waals surface area (Å²) in [6.07, 6.45) is 2.11. The minimum Gasteiger partial charge on any atom is -0.313 e. The Morgan fingerprint density at radius 3 is 2.80 bits per heavy atom. The molecule has 0 aromatic heterocycles. The minimum absolute atomic E-state index is 0.0299. The van der Waals surface area contributed by atoms with E-state index >= 15 is 0 Å². The molecular formula is C21H19FN2S. The second-order valence-electron chi connectivity index (χ2n) is 6.01. The van der Waals surface area contributed by atoms with E-state index in [-0.39, 0.29) is 5.56 Å². The van der Waals surface area contributed by atoms with E-state index in [1.807, 2.05) is 13.1 Å². The van der Waals surface area contributed by atoms with Gasteiger partial charge >= 0.3 is 0 Å². The van der Waals surface area contributed by atoms with Gasteiger partial charge in [-0.2, -0.15) is 5.26 Å². The maximum absolute atomic E-state index is 13.5. The third kappa shape index (κ3) is 3.39. The number of hydrogen-bond acceptors (Lipinski definition) is 3. The van der Waals surface area contributed by atoms with Crippen LogP contribution >= 0.6 is 11.8 Å². The summed E-state index contributed by atoms with van der Waals surface area (Å²) in [5, 5.41) is 12.3. The molecule has 0 spiro atoms. The lowest BCUT2D eigenvalue weighted by molar-refractivity contribution is 0.590. The lowest BCUT2D eigenvalue weighted by Gasteiger charge is -2.14. The topological polar surface area (TPSA) is 35.8 Å².